The van der Waals surface area contributed by atoms with Crippen LogP contribution in [0.3, 0.4) is 0 Å². The Hall–Kier alpha value is -0.0431. The zero-order valence-electron chi connectivity index (χ0n) is 20.9. The molecule has 2 saturated carbocycles. The summed E-state index contributed by atoms with van der Waals surface area (Å²) in [5.74, 6) is 9.60. The Morgan fingerprint density at radius 1 is 1.17 bits per heavy atom. The van der Waals surface area contributed by atoms with E-state index in [1.165, 1.54) is 50.2 Å². The number of fused-ring (bicyclic) bond motifs is 1. The largest absolute Gasteiger partial charge is 0.401 e. The molecule has 0 aromatic heterocycles. The van der Waals surface area contributed by atoms with Gasteiger partial charge in [-0.1, -0.05) is 75.9 Å². The molecule has 3 heteroatoms. The van der Waals surface area contributed by atoms with Crippen molar-refractivity contribution in [2.45, 2.75) is 124 Å². The van der Waals surface area contributed by atoms with Gasteiger partial charge in [-0.25, -0.2) is 0 Å². The Morgan fingerprint density at radius 2 is 1.80 bits per heavy atom. The fourth-order valence-corrected chi connectivity index (χ4v) is 10.3. The van der Waals surface area contributed by atoms with Crippen molar-refractivity contribution in [2.24, 2.45) is 23.2 Å². The van der Waals surface area contributed by atoms with Crippen molar-refractivity contribution in [3.05, 3.63) is 10.6 Å². The van der Waals surface area contributed by atoms with Crippen molar-refractivity contribution in [1.29, 1.82) is 0 Å². The lowest BCUT2D eigenvalue weighted by Gasteiger charge is -2.44. The van der Waals surface area contributed by atoms with Crippen LogP contribution in [-0.2, 0) is 4.43 Å². The average Bonchev–Trinajstić information content (AvgIpc) is 3.13. The summed E-state index contributed by atoms with van der Waals surface area (Å²) in [6.07, 6.45) is 9.78. The van der Waals surface area contributed by atoms with E-state index in [2.05, 4.69) is 81.2 Å². The van der Waals surface area contributed by atoms with Crippen LogP contribution in [0, 0.1) is 35.0 Å². The highest BCUT2D eigenvalue weighted by atomic mass is 79.9. The summed E-state index contributed by atoms with van der Waals surface area (Å²) in [4.78, 5) is 2.24. The van der Waals surface area contributed by atoms with Crippen LogP contribution in [0.2, 0.25) is 18.1 Å². The van der Waals surface area contributed by atoms with Gasteiger partial charge in [0.2, 0.25) is 0 Å². The maximum atomic E-state index is 6.97. The second-order valence-electron chi connectivity index (χ2n) is 10.3. The molecule has 4 atom stereocenters. The molecule has 0 bridgehead atoms. The first-order valence-corrected chi connectivity index (χ1v) is 16.2. The van der Waals surface area contributed by atoms with Gasteiger partial charge in [-0.05, 0) is 91.2 Å². The van der Waals surface area contributed by atoms with E-state index in [0.29, 0.717) is 11.3 Å². The first kappa shape index (κ1) is 26.2. The van der Waals surface area contributed by atoms with E-state index in [4.69, 9.17) is 4.43 Å². The van der Waals surface area contributed by atoms with Crippen LogP contribution < -0.4 is 0 Å². The number of allylic oxidation sites excluding steroid dienone is 1. The quantitative estimate of drug-likeness (QED) is 0.229. The molecule has 0 N–H and O–H groups in total. The van der Waals surface area contributed by atoms with E-state index in [-0.39, 0.29) is 5.60 Å². The predicted molar refractivity (Wildman–Crippen MR) is 138 cm³/mol. The van der Waals surface area contributed by atoms with E-state index in [9.17, 15) is 0 Å². The van der Waals surface area contributed by atoms with Gasteiger partial charge >= 0.3 is 0 Å². The van der Waals surface area contributed by atoms with Crippen molar-refractivity contribution < 1.29 is 4.43 Å². The van der Waals surface area contributed by atoms with Gasteiger partial charge in [-0.15, -0.1) is 5.92 Å². The van der Waals surface area contributed by atoms with E-state index in [0.717, 1.165) is 31.1 Å². The van der Waals surface area contributed by atoms with Crippen molar-refractivity contribution in [3.8, 4) is 11.8 Å². The van der Waals surface area contributed by atoms with Gasteiger partial charge in [-0.2, -0.15) is 0 Å². The first-order valence-electron chi connectivity index (χ1n) is 12.8. The third kappa shape index (κ3) is 5.29. The summed E-state index contributed by atoms with van der Waals surface area (Å²) in [7, 11) is -1.66. The minimum absolute atomic E-state index is 0.229. The molecule has 0 spiro atoms. The monoisotopic (exact) mass is 494 g/mol. The molecule has 0 amide bonds. The standard InChI is InChI=1S/C27H47BrOSi/c1-8-27(9-2,29-30(10-3,11-4)12-5)20-13-15-22(6)24-17-18-25-23(21-28)16-14-19-26(24,25)7/h21-22,24-25H,8-12,14-19H2,1-7H3/b23-21+/t22-,24-,25+,26-/m1/s1. The highest BCUT2D eigenvalue weighted by molar-refractivity contribution is 9.11. The molecule has 0 aromatic carbocycles. The molecule has 1 nitrogen and oxygen atoms in total. The fourth-order valence-electron chi connectivity index (χ4n) is 6.64. The van der Waals surface area contributed by atoms with Gasteiger partial charge in [0.1, 0.15) is 5.60 Å². The molecule has 2 fully saturated rings. The Morgan fingerprint density at radius 3 is 2.33 bits per heavy atom. The SMILES string of the molecule is CCC(C#CC[C@@H](C)[C@H]1CC[C@H]2/C(=C/Br)CCC[C@]12C)(CC)O[Si](CC)(CC)CC. The van der Waals surface area contributed by atoms with Crippen LogP contribution in [0.25, 0.3) is 0 Å². The van der Waals surface area contributed by atoms with Crippen molar-refractivity contribution in [1.82, 2.24) is 0 Å². The Bertz CT molecular complexity index is 629. The number of rotatable bonds is 9. The van der Waals surface area contributed by atoms with Gasteiger partial charge in [0.25, 0.3) is 0 Å². The number of halogens is 1. The minimum Gasteiger partial charge on any atom is -0.401 e. The lowest BCUT2D eigenvalue weighted by atomic mass is 9.61. The molecule has 0 saturated heterocycles. The van der Waals surface area contributed by atoms with E-state index >= 15 is 0 Å². The highest BCUT2D eigenvalue weighted by Gasteiger charge is 2.50. The Balaban J connectivity index is 2.13. The fraction of sp³-hybridized carbons (Fsp3) is 0.852. The van der Waals surface area contributed by atoms with Gasteiger partial charge in [0.15, 0.2) is 8.32 Å². The third-order valence-electron chi connectivity index (χ3n) is 9.09. The average molecular weight is 496 g/mol. The molecular formula is C27H47BrOSi. The predicted octanol–water partition coefficient (Wildman–Crippen LogP) is 9.09. The summed E-state index contributed by atoms with van der Waals surface area (Å²) in [5, 5.41) is 0. The highest BCUT2D eigenvalue weighted by Crippen LogP contribution is 2.59. The van der Waals surface area contributed by atoms with Gasteiger partial charge in [-0.3, -0.25) is 0 Å². The molecule has 0 aromatic rings. The molecule has 2 aliphatic rings. The van der Waals surface area contributed by atoms with Gasteiger partial charge in [0, 0.05) is 6.42 Å². The zero-order chi connectivity index (χ0) is 22.4. The van der Waals surface area contributed by atoms with Crippen molar-refractivity contribution in [2.75, 3.05) is 0 Å². The van der Waals surface area contributed by atoms with Gasteiger partial charge in [0.05, 0.1) is 0 Å². The molecule has 2 rings (SSSR count). The van der Waals surface area contributed by atoms with Crippen molar-refractivity contribution in [3.63, 3.8) is 0 Å². The van der Waals surface area contributed by atoms with E-state index in [1.807, 2.05) is 0 Å². The molecule has 0 aliphatic heterocycles. The molecule has 0 heterocycles. The lowest BCUT2D eigenvalue weighted by Crippen LogP contribution is -2.46. The Kier molecular flexibility index (Phi) is 9.78. The van der Waals surface area contributed by atoms with E-state index < -0.39 is 8.32 Å². The minimum atomic E-state index is -1.66. The smallest absolute Gasteiger partial charge is 0.194 e. The molecule has 0 radical (unpaired) electrons. The topological polar surface area (TPSA) is 9.23 Å². The molecule has 2 aliphatic carbocycles. The molecular weight excluding hydrogens is 448 g/mol. The summed E-state index contributed by atoms with van der Waals surface area (Å²) >= 11 is 3.65. The van der Waals surface area contributed by atoms with Crippen LogP contribution in [0.1, 0.15) is 99.8 Å². The maximum Gasteiger partial charge on any atom is 0.194 e. The Labute approximate surface area is 197 Å². The van der Waals surface area contributed by atoms with Crippen LogP contribution in [0.5, 0.6) is 0 Å². The van der Waals surface area contributed by atoms with Gasteiger partial charge < -0.3 is 4.43 Å². The summed E-state index contributed by atoms with van der Waals surface area (Å²) in [6.45, 7) is 16.5. The van der Waals surface area contributed by atoms with Crippen LogP contribution >= 0.6 is 15.9 Å². The van der Waals surface area contributed by atoms with Crippen LogP contribution in [0.4, 0.5) is 0 Å². The van der Waals surface area contributed by atoms with Crippen molar-refractivity contribution >= 4 is 24.2 Å². The normalized spacial score (nSPS) is 29.4. The molecule has 172 valence electrons. The van der Waals surface area contributed by atoms with E-state index in [1.54, 1.807) is 5.57 Å². The second kappa shape index (κ2) is 11.2. The first-order chi connectivity index (χ1) is 14.3. The third-order valence-corrected chi connectivity index (χ3v) is 14.4. The van der Waals surface area contributed by atoms with Crippen LogP contribution in [0.15, 0.2) is 10.6 Å². The van der Waals surface area contributed by atoms with Crippen LogP contribution in [-0.4, -0.2) is 13.9 Å². The summed E-state index contributed by atoms with van der Waals surface area (Å²) < 4.78 is 6.97. The zero-order valence-corrected chi connectivity index (χ0v) is 23.5. The second-order valence-corrected chi connectivity index (χ2v) is 15.5. The lowest BCUT2D eigenvalue weighted by molar-refractivity contribution is 0.0985. The number of hydrogen-bond donors (Lipinski definition) is 0. The molecule has 0 unspecified atom stereocenters. The maximum absolute atomic E-state index is 6.97. The number of hydrogen-bond acceptors (Lipinski definition) is 1. The molecule has 30 heavy (non-hydrogen) atoms. The summed E-state index contributed by atoms with van der Waals surface area (Å²) in [6, 6.07) is 3.60. The summed E-state index contributed by atoms with van der Waals surface area (Å²) in [5.41, 5.74) is 1.90.